The van der Waals surface area contributed by atoms with Crippen molar-refractivity contribution in [2.75, 3.05) is 5.32 Å². The first-order valence-corrected chi connectivity index (χ1v) is 7.22. The van der Waals surface area contributed by atoms with Gasteiger partial charge in [-0.2, -0.15) is 5.10 Å². The van der Waals surface area contributed by atoms with Crippen LogP contribution in [0.2, 0.25) is 5.02 Å². The maximum Gasteiger partial charge on any atom is 0.255 e. The SMILES string of the molecule is O=C(Nc1cnn(Cc2ccccn2)c1)c1ccc(O)c(Cl)c1. The van der Waals surface area contributed by atoms with Crippen LogP contribution in [0.5, 0.6) is 5.75 Å². The number of hydrogen-bond acceptors (Lipinski definition) is 4. The van der Waals surface area contributed by atoms with Gasteiger partial charge in [0.15, 0.2) is 0 Å². The van der Waals surface area contributed by atoms with Crippen molar-refractivity contribution in [3.05, 3.63) is 71.3 Å². The molecular weight excluding hydrogens is 316 g/mol. The summed E-state index contributed by atoms with van der Waals surface area (Å²) in [6, 6.07) is 9.93. The number of phenolic OH excluding ortho intramolecular Hbond substituents is 1. The van der Waals surface area contributed by atoms with Gasteiger partial charge in [-0.3, -0.25) is 14.5 Å². The summed E-state index contributed by atoms with van der Waals surface area (Å²) in [5, 5.41) is 16.4. The van der Waals surface area contributed by atoms with Gasteiger partial charge in [-0.05, 0) is 30.3 Å². The normalized spacial score (nSPS) is 10.5. The number of nitrogens with one attached hydrogen (secondary N) is 1. The minimum atomic E-state index is -0.329. The number of hydrogen-bond donors (Lipinski definition) is 2. The van der Waals surface area contributed by atoms with Crippen LogP contribution in [-0.2, 0) is 6.54 Å². The van der Waals surface area contributed by atoms with Crippen molar-refractivity contribution >= 4 is 23.2 Å². The Morgan fingerprint density at radius 1 is 1.30 bits per heavy atom. The van der Waals surface area contributed by atoms with Gasteiger partial charge in [-0.15, -0.1) is 0 Å². The summed E-state index contributed by atoms with van der Waals surface area (Å²) < 4.78 is 1.68. The Morgan fingerprint density at radius 3 is 2.91 bits per heavy atom. The molecule has 2 N–H and O–H groups in total. The smallest absolute Gasteiger partial charge is 0.255 e. The molecule has 0 aliphatic carbocycles. The number of phenols is 1. The first kappa shape index (κ1) is 15.1. The second-order valence-electron chi connectivity index (χ2n) is 4.87. The Bertz CT molecular complexity index is 833. The lowest BCUT2D eigenvalue weighted by molar-refractivity contribution is 0.102. The molecule has 0 aliphatic rings. The summed E-state index contributed by atoms with van der Waals surface area (Å²) in [7, 11) is 0. The number of aromatic nitrogens is 3. The zero-order valence-corrected chi connectivity index (χ0v) is 12.7. The molecule has 3 aromatic rings. The van der Waals surface area contributed by atoms with Crippen LogP contribution in [0.3, 0.4) is 0 Å². The van der Waals surface area contributed by atoms with Gasteiger partial charge in [0.05, 0.1) is 29.1 Å². The number of amides is 1. The van der Waals surface area contributed by atoms with Gasteiger partial charge in [-0.25, -0.2) is 0 Å². The predicted molar refractivity (Wildman–Crippen MR) is 86.6 cm³/mol. The van der Waals surface area contributed by atoms with Gasteiger partial charge in [0.1, 0.15) is 5.75 Å². The van der Waals surface area contributed by atoms with Crippen molar-refractivity contribution in [2.24, 2.45) is 0 Å². The van der Waals surface area contributed by atoms with Gasteiger partial charge < -0.3 is 10.4 Å². The molecule has 7 heteroatoms. The minimum Gasteiger partial charge on any atom is -0.506 e. The lowest BCUT2D eigenvalue weighted by atomic mass is 10.2. The number of nitrogens with zero attached hydrogens (tertiary/aromatic N) is 3. The molecular formula is C16H13ClN4O2. The van der Waals surface area contributed by atoms with Gasteiger partial charge in [0.2, 0.25) is 0 Å². The summed E-state index contributed by atoms with van der Waals surface area (Å²) in [5.74, 6) is -0.393. The van der Waals surface area contributed by atoms with Crippen molar-refractivity contribution in [1.82, 2.24) is 14.8 Å². The van der Waals surface area contributed by atoms with E-state index in [1.807, 2.05) is 18.2 Å². The predicted octanol–water partition coefficient (Wildman–Crippen LogP) is 2.94. The molecule has 0 atom stereocenters. The van der Waals surface area contributed by atoms with Gasteiger partial charge in [0, 0.05) is 18.0 Å². The van der Waals surface area contributed by atoms with Crippen LogP contribution in [-0.4, -0.2) is 25.8 Å². The fourth-order valence-corrected chi connectivity index (χ4v) is 2.20. The van der Waals surface area contributed by atoms with Crippen LogP contribution in [0.1, 0.15) is 16.1 Å². The molecule has 2 heterocycles. The largest absolute Gasteiger partial charge is 0.506 e. The summed E-state index contributed by atoms with van der Waals surface area (Å²) in [6.07, 6.45) is 4.99. The van der Waals surface area contributed by atoms with E-state index in [0.717, 1.165) is 5.69 Å². The molecule has 0 bridgehead atoms. The highest BCUT2D eigenvalue weighted by atomic mass is 35.5. The standard InChI is InChI=1S/C16H13ClN4O2/c17-14-7-11(4-5-15(14)22)16(23)20-13-8-19-21(10-13)9-12-3-1-2-6-18-12/h1-8,10,22H,9H2,(H,20,23). The molecule has 0 unspecified atom stereocenters. The average Bonchev–Trinajstić information content (AvgIpc) is 2.98. The summed E-state index contributed by atoms with van der Waals surface area (Å²) in [5.41, 5.74) is 1.79. The van der Waals surface area contributed by atoms with Crippen LogP contribution in [0, 0.1) is 0 Å². The number of pyridine rings is 1. The lowest BCUT2D eigenvalue weighted by Gasteiger charge is -2.04. The third-order valence-electron chi connectivity index (χ3n) is 3.15. The Hall–Kier alpha value is -2.86. The third-order valence-corrected chi connectivity index (χ3v) is 3.45. The fraction of sp³-hybridized carbons (Fsp3) is 0.0625. The van der Waals surface area contributed by atoms with E-state index in [1.165, 1.54) is 18.2 Å². The zero-order chi connectivity index (χ0) is 16.2. The molecule has 23 heavy (non-hydrogen) atoms. The van der Waals surface area contributed by atoms with E-state index >= 15 is 0 Å². The highest BCUT2D eigenvalue weighted by Crippen LogP contribution is 2.24. The molecule has 3 rings (SSSR count). The first-order chi connectivity index (χ1) is 11.1. The second-order valence-corrected chi connectivity index (χ2v) is 5.28. The molecule has 0 saturated carbocycles. The molecule has 1 amide bonds. The van der Waals surface area contributed by atoms with E-state index in [-0.39, 0.29) is 16.7 Å². The number of anilines is 1. The maximum atomic E-state index is 12.1. The number of rotatable bonds is 4. The van der Waals surface area contributed by atoms with E-state index in [0.29, 0.717) is 17.8 Å². The Kier molecular flexibility index (Phi) is 4.25. The monoisotopic (exact) mass is 328 g/mol. The Labute approximate surface area is 137 Å². The number of benzene rings is 1. The van der Waals surface area contributed by atoms with Gasteiger partial charge in [-0.1, -0.05) is 17.7 Å². The lowest BCUT2D eigenvalue weighted by Crippen LogP contribution is -2.11. The molecule has 1 aromatic carbocycles. The molecule has 0 aliphatic heterocycles. The Balaban J connectivity index is 1.68. The summed E-state index contributed by atoms with van der Waals surface area (Å²) >= 11 is 5.80. The van der Waals surface area contributed by atoms with Gasteiger partial charge >= 0.3 is 0 Å². The van der Waals surface area contributed by atoms with Crippen LogP contribution >= 0.6 is 11.6 Å². The van der Waals surface area contributed by atoms with Crippen molar-refractivity contribution in [3.8, 4) is 5.75 Å². The van der Waals surface area contributed by atoms with Crippen molar-refractivity contribution < 1.29 is 9.90 Å². The first-order valence-electron chi connectivity index (χ1n) is 6.84. The molecule has 2 aromatic heterocycles. The van der Waals surface area contributed by atoms with Crippen molar-refractivity contribution in [2.45, 2.75) is 6.54 Å². The highest BCUT2D eigenvalue weighted by Gasteiger charge is 2.10. The van der Waals surface area contributed by atoms with Crippen molar-refractivity contribution in [1.29, 1.82) is 0 Å². The topological polar surface area (TPSA) is 80.0 Å². The Morgan fingerprint density at radius 2 is 2.17 bits per heavy atom. The minimum absolute atomic E-state index is 0.0635. The number of carbonyl (C=O) groups excluding carboxylic acids is 1. The van der Waals surface area contributed by atoms with Crippen LogP contribution in [0.25, 0.3) is 0 Å². The van der Waals surface area contributed by atoms with E-state index in [1.54, 1.807) is 23.3 Å². The number of halogens is 1. The summed E-state index contributed by atoms with van der Waals surface area (Å²) in [6.45, 7) is 0.516. The molecule has 116 valence electrons. The molecule has 6 nitrogen and oxygen atoms in total. The molecule has 0 fully saturated rings. The number of aromatic hydroxyl groups is 1. The third kappa shape index (κ3) is 3.67. The highest BCUT2D eigenvalue weighted by molar-refractivity contribution is 6.32. The van der Waals surface area contributed by atoms with E-state index < -0.39 is 0 Å². The van der Waals surface area contributed by atoms with Crippen LogP contribution < -0.4 is 5.32 Å². The van der Waals surface area contributed by atoms with Crippen LogP contribution in [0.15, 0.2) is 55.0 Å². The molecule has 0 radical (unpaired) electrons. The van der Waals surface area contributed by atoms with E-state index in [9.17, 15) is 9.90 Å². The quantitative estimate of drug-likeness (QED) is 0.771. The zero-order valence-electron chi connectivity index (χ0n) is 12.0. The van der Waals surface area contributed by atoms with E-state index in [2.05, 4.69) is 15.4 Å². The summed E-state index contributed by atoms with van der Waals surface area (Å²) in [4.78, 5) is 16.4. The second kappa shape index (κ2) is 6.50. The molecule has 0 saturated heterocycles. The van der Waals surface area contributed by atoms with E-state index in [4.69, 9.17) is 11.6 Å². The van der Waals surface area contributed by atoms with Crippen molar-refractivity contribution in [3.63, 3.8) is 0 Å². The molecule has 0 spiro atoms. The number of carbonyl (C=O) groups is 1. The average molecular weight is 329 g/mol. The maximum absolute atomic E-state index is 12.1. The van der Waals surface area contributed by atoms with Gasteiger partial charge in [0.25, 0.3) is 5.91 Å². The van der Waals surface area contributed by atoms with Crippen LogP contribution in [0.4, 0.5) is 5.69 Å². The fourth-order valence-electron chi connectivity index (χ4n) is 2.02.